The Morgan fingerprint density at radius 1 is 1.09 bits per heavy atom. The Morgan fingerprint density at radius 3 is 2.35 bits per heavy atom. The van der Waals surface area contributed by atoms with Gasteiger partial charge in [-0.15, -0.1) is 6.42 Å². The lowest BCUT2D eigenvalue weighted by Gasteiger charge is -2.11. The number of hydrogen-bond acceptors (Lipinski definition) is 2. The second-order valence-corrected chi connectivity index (χ2v) is 7.25. The lowest BCUT2D eigenvalue weighted by atomic mass is 9.95. The van der Waals surface area contributed by atoms with Gasteiger partial charge >= 0.3 is 0 Å². The average molecular weight is 327 g/mol. The molecule has 2 rings (SSSR count). The number of nitrogens with one attached hydrogen (secondary N) is 1. The molecule has 0 heterocycles. The van der Waals surface area contributed by atoms with E-state index >= 15 is 0 Å². The molecule has 0 radical (unpaired) electrons. The van der Waals surface area contributed by atoms with Crippen LogP contribution in [0.15, 0.2) is 59.5 Å². The highest BCUT2D eigenvalue weighted by molar-refractivity contribution is 7.89. The number of aryl methyl sites for hydroxylation is 1. The molecule has 0 aliphatic carbocycles. The van der Waals surface area contributed by atoms with Crippen LogP contribution in [0.4, 0.5) is 0 Å². The van der Waals surface area contributed by atoms with Gasteiger partial charge in [0.1, 0.15) is 0 Å². The van der Waals surface area contributed by atoms with E-state index in [-0.39, 0.29) is 5.92 Å². The maximum absolute atomic E-state index is 12.2. The van der Waals surface area contributed by atoms with Gasteiger partial charge in [0.25, 0.3) is 0 Å². The molecule has 2 aromatic rings. The van der Waals surface area contributed by atoms with E-state index in [1.165, 1.54) is 0 Å². The largest absolute Gasteiger partial charge is 0.240 e. The van der Waals surface area contributed by atoms with Crippen molar-refractivity contribution in [3.8, 4) is 12.3 Å². The van der Waals surface area contributed by atoms with E-state index in [1.54, 1.807) is 24.3 Å². The zero-order valence-electron chi connectivity index (χ0n) is 13.2. The minimum Gasteiger partial charge on any atom is -0.211 e. The van der Waals surface area contributed by atoms with Crippen molar-refractivity contribution >= 4 is 10.0 Å². The Balaban J connectivity index is 1.87. The summed E-state index contributed by atoms with van der Waals surface area (Å²) in [5.74, 6) is 2.79. The van der Waals surface area contributed by atoms with Gasteiger partial charge < -0.3 is 0 Å². The molecule has 0 fully saturated rings. The van der Waals surface area contributed by atoms with E-state index < -0.39 is 10.0 Å². The molecule has 1 N–H and O–H groups in total. The molecule has 23 heavy (non-hydrogen) atoms. The van der Waals surface area contributed by atoms with Crippen LogP contribution in [0.2, 0.25) is 0 Å². The summed E-state index contributed by atoms with van der Waals surface area (Å²) in [6.45, 7) is 2.30. The predicted molar refractivity (Wildman–Crippen MR) is 93.6 cm³/mol. The van der Waals surface area contributed by atoms with E-state index in [4.69, 9.17) is 6.42 Å². The van der Waals surface area contributed by atoms with Crippen molar-refractivity contribution in [2.75, 3.05) is 6.54 Å². The minimum absolute atomic E-state index is 0.0140. The van der Waals surface area contributed by atoms with Crippen LogP contribution in [0.1, 0.15) is 29.9 Å². The topological polar surface area (TPSA) is 46.2 Å². The molecule has 0 spiro atoms. The van der Waals surface area contributed by atoms with Gasteiger partial charge in [-0.25, -0.2) is 13.1 Å². The van der Waals surface area contributed by atoms with Crippen LogP contribution < -0.4 is 4.72 Å². The fourth-order valence-corrected chi connectivity index (χ4v) is 3.42. The fraction of sp³-hybridized carbons (Fsp3) is 0.263. The molecule has 0 amide bonds. The molecule has 0 aliphatic rings. The fourth-order valence-electron chi connectivity index (χ4n) is 2.35. The zero-order chi connectivity index (χ0) is 16.7. The summed E-state index contributed by atoms with van der Waals surface area (Å²) in [6, 6.07) is 16.7. The summed E-state index contributed by atoms with van der Waals surface area (Å²) >= 11 is 0. The third-order valence-corrected chi connectivity index (χ3v) is 5.17. The second kappa shape index (κ2) is 7.96. The first-order valence-electron chi connectivity index (χ1n) is 7.60. The molecule has 0 bridgehead atoms. The van der Waals surface area contributed by atoms with Crippen LogP contribution in [-0.4, -0.2) is 15.0 Å². The van der Waals surface area contributed by atoms with Crippen LogP contribution in [0.5, 0.6) is 0 Å². The van der Waals surface area contributed by atoms with E-state index in [0.717, 1.165) is 17.5 Å². The SMILES string of the molecule is C#CC(CCCNS(=O)(=O)c1ccc(C)cc1)c1ccccc1. The molecule has 0 aliphatic heterocycles. The Bertz CT molecular complexity index is 759. The van der Waals surface area contributed by atoms with Crippen molar-refractivity contribution in [1.82, 2.24) is 4.72 Å². The molecular weight excluding hydrogens is 306 g/mol. The van der Waals surface area contributed by atoms with Gasteiger partial charge in [0.2, 0.25) is 10.0 Å². The lowest BCUT2D eigenvalue weighted by molar-refractivity contribution is 0.574. The van der Waals surface area contributed by atoms with Crippen LogP contribution in [0.3, 0.4) is 0 Å². The first-order chi connectivity index (χ1) is 11.0. The molecule has 1 unspecified atom stereocenters. The molecular formula is C19H21NO2S. The van der Waals surface area contributed by atoms with Crippen molar-refractivity contribution in [3.63, 3.8) is 0 Å². The van der Waals surface area contributed by atoms with E-state index in [2.05, 4.69) is 10.6 Å². The number of hydrogen-bond donors (Lipinski definition) is 1. The minimum atomic E-state index is -3.45. The smallest absolute Gasteiger partial charge is 0.211 e. The summed E-state index contributed by atoms with van der Waals surface area (Å²) in [5, 5.41) is 0. The maximum atomic E-state index is 12.2. The third kappa shape index (κ3) is 4.95. The summed E-state index contributed by atoms with van der Waals surface area (Å²) in [6.07, 6.45) is 7.03. The first-order valence-corrected chi connectivity index (χ1v) is 9.08. The molecule has 1 atom stereocenters. The van der Waals surface area contributed by atoms with Crippen molar-refractivity contribution in [2.24, 2.45) is 0 Å². The standard InChI is InChI=1S/C19H21NO2S/c1-3-17(18-8-5-4-6-9-18)10-7-15-20-23(21,22)19-13-11-16(2)12-14-19/h1,4-6,8-9,11-14,17,20H,7,10,15H2,2H3. The summed E-state index contributed by atoms with van der Waals surface area (Å²) < 4.78 is 27.0. The van der Waals surface area contributed by atoms with Crippen LogP contribution in [0.25, 0.3) is 0 Å². The monoisotopic (exact) mass is 327 g/mol. The highest BCUT2D eigenvalue weighted by Crippen LogP contribution is 2.20. The van der Waals surface area contributed by atoms with Gasteiger partial charge in [-0.3, -0.25) is 0 Å². The zero-order valence-corrected chi connectivity index (χ0v) is 14.0. The number of rotatable bonds is 7. The molecule has 0 saturated carbocycles. The van der Waals surface area contributed by atoms with Gasteiger partial charge in [0.05, 0.1) is 4.90 Å². The average Bonchev–Trinajstić information content (AvgIpc) is 2.56. The van der Waals surface area contributed by atoms with Gasteiger partial charge in [-0.1, -0.05) is 53.9 Å². The first kappa shape index (κ1) is 17.3. The number of benzene rings is 2. The number of terminal acetylenes is 1. The Hall–Kier alpha value is -2.09. The summed E-state index contributed by atoms with van der Waals surface area (Å²) in [4.78, 5) is 0.291. The quantitative estimate of drug-likeness (QED) is 0.625. The Labute approximate surface area is 138 Å². The normalized spacial score (nSPS) is 12.5. The van der Waals surface area contributed by atoms with Gasteiger partial charge in [0, 0.05) is 12.5 Å². The summed E-state index contributed by atoms with van der Waals surface area (Å²) in [7, 11) is -3.45. The van der Waals surface area contributed by atoms with Crippen LogP contribution >= 0.6 is 0 Å². The maximum Gasteiger partial charge on any atom is 0.240 e. The molecule has 0 saturated heterocycles. The Kier molecular flexibility index (Phi) is 5.97. The van der Waals surface area contributed by atoms with Crippen molar-refractivity contribution in [3.05, 3.63) is 65.7 Å². The van der Waals surface area contributed by atoms with Gasteiger partial charge in [-0.05, 0) is 37.5 Å². The lowest BCUT2D eigenvalue weighted by Crippen LogP contribution is -2.25. The Morgan fingerprint density at radius 2 is 1.74 bits per heavy atom. The van der Waals surface area contributed by atoms with Crippen LogP contribution in [0, 0.1) is 19.3 Å². The van der Waals surface area contributed by atoms with E-state index in [9.17, 15) is 8.42 Å². The predicted octanol–water partition coefficient (Wildman–Crippen LogP) is 3.47. The molecule has 3 nitrogen and oxygen atoms in total. The number of sulfonamides is 1. The van der Waals surface area contributed by atoms with Crippen molar-refractivity contribution < 1.29 is 8.42 Å². The summed E-state index contributed by atoms with van der Waals surface area (Å²) in [5.41, 5.74) is 2.13. The van der Waals surface area contributed by atoms with Gasteiger partial charge in [-0.2, -0.15) is 0 Å². The molecule has 120 valence electrons. The third-order valence-electron chi connectivity index (χ3n) is 3.70. The van der Waals surface area contributed by atoms with Crippen molar-refractivity contribution in [1.29, 1.82) is 0 Å². The highest BCUT2D eigenvalue weighted by atomic mass is 32.2. The molecule has 2 aromatic carbocycles. The van der Waals surface area contributed by atoms with Crippen molar-refractivity contribution in [2.45, 2.75) is 30.6 Å². The second-order valence-electron chi connectivity index (χ2n) is 5.48. The highest BCUT2D eigenvalue weighted by Gasteiger charge is 2.13. The van der Waals surface area contributed by atoms with Crippen LogP contribution in [-0.2, 0) is 10.0 Å². The van der Waals surface area contributed by atoms with E-state index in [1.807, 2.05) is 37.3 Å². The van der Waals surface area contributed by atoms with E-state index in [0.29, 0.717) is 17.9 Å². The molecule has 4 heteroatoms. The molecule has 0 aromatic heterocycles. The van der Waals surface area contributed by atoms with Gasteiger partial charge in [0.15, 0.2) is 0 Å².